The normalized spacial score (nSPS) is 12.1. The minimum atomic E-state index is -0.799. The van der Waals surface area contributed by atoms with Gasteiger partial charge in [-0.15, -0.1) is 11.3 Å². The Balaban J connectivity index is 2.06. The SMILES string of the molecule is CC(c1ccc(Cl)cc1)N(C)c1nc(CCC(=O)O)cs1. The summed E-state index contributed by atoms with van der Waals surface area (Å²) in [4.78, 5) is 17.2. The third-order valence-corrected chi connectivity index (χ3v) is 4.60. The quantitative estimate of drug-likeness (QED) is 0.872. The number of benzene rings is 1. The van der Waals surface area contributed by atoms with Crippen LogP contribution in [0, 0.1) is 0 Å². The summed E-state index contributed by atoms with van der Waals surface area (Å²) in [6, 6.07) is 7.92. The minimum Gasteiger partial charge on any atom is -0.481 e. The molecular weight excluding hydrogens is 308 g/mol. The van der Waals surface area contributed by atoms with Gasteiger partial charge < -0.3 is 10.0 Å². The van der Waals surface area contributed by atoms with Crippen molar-refractivity contribution in [3.05, 3.63) is 45.9 Å². The number of hydrogen-bond acceptors (Lipinski definition) is 4. The van der Waals surface area contributed by atoms with Crippen LogP contribution >= 0.6 is 22.9 Å². The molecule has 1 atom stereocenters. The lowest BCUT2D eigenvalue weighted by Crippen LogP contribution is -2.21. The highest BCUT2D eigenvalue weighted by molar-refractivity contribution is 7.13. The third-order valence-electron chi connectivity index (χ3n) is 3.37. The highest BCUT2D eigenvalue weighted by Crippen LogP contribution is 2.28. The van der Waals surface area contributed by atoms with Crippen LogP contribution in [0.5, 0.6) is 0 Å². The first-order valence-electron chi connectivity index (χ1n) is 6.62. The molecule has 1 aromatic carbocycles. The van der Waals surface area contributed by atoms with E-state index in [1.165, 1.54) is 11.3 Å². The number of nitrogens with zero attached hydrogens (tertiary/aromatic N) is 2. The average molecular weight is 325 g/mol. The molecule has 2 aromatic rings. The van der Waals surface area contributed by atoms with Gasteiger partial charge in [-0.1, -0.05) is 23.7 Å². The molecule has 4 nitrogen and oxygen atoms in total. The monoisotopic (exact) mass is 324 g/mol. The highest BCUT2D eigenvalue weighted by Gasteiger charge is 2.15. The molecule has 1 aromatic heterocycles. The summed E-state index contributed by atoms with van der Waals surface area (Å²) in [5.41, 5.74) is 1.98. The van der Waals surface area contributed by atoms with E-state index in [4.69, 9.17) is 16.7 Å². The minimum absolute atomic E-state index is 0.111. The third kappa shape index (κ3) is 4.19. The number of aryl methyl sites for hydroxylation is 1. The fourth-order valence-electron chi connectivity index (χ4n) is 1.94. The van der Waals surface area contributed by atoms with Crippen molar-refractivity contribution < 1.29 is 9.90 Å². The van der Waals surface area contributed by atoms with Gasteiger partial charge in [-0.3, -0.25) is 4.79 Å². The number of aromatic nitrogens is 1. The second-order valence-electron chi connectivity index (χ2n) is 4.85. The second-order valence-corrected chi connectivity index (χ2v) is 6.13. The summed E-state index contributed by atoms with van der Waals surface area (Å²) < 4.78 is 0. The topological polar surface area (TPSA) is 53.4 Å². The molecule has 6 heteroatoms. The lowest BCUT2D eigenvalue weighted by molar-refractivity contribution is -0.136. The summed E-state index contributed by atoms with van der Waals surface area (Å²) in [5.74, 6) is -0.799. The van der Waals surface area contributed by atoms with Crippen LogP contribution in [0.4, 0.5) is 5.13 Å². The van der Waals surface area contributed by atoms with Crippen LogP contribution in [0.25, 0.3) is 0 Å². The van der Waals surface area contributed by atoms with Gasteiger partial charge in [0.25, 0.3) is 0 Å². The van der Waals surface area contributed by atoms with Gasteiger partial charge in [-0.2, -0.15) is 0 Å². The maximum atomic E-state index is 10.6. The molecule has 0 aliphatic heterocycles. The Hall–Kier alpha value is -1.59. The van der Waals surface area contributed by atoms with Gasteiger partial charge >= 0.3 is 5.97 Å². The molecular formula is C15H17ClN2O2S. The maximum Gasteiger partial charge on any atom is 0.303 e. The molecule has 1 heterocycles. The lowest BCUT2D eigenvalue weighted by atomic mass is 10.1. The predicted octanol–water partition coefficient (Wildman–Crippen LogP) is 4.01. The Kier molecular flexibility index (Phi) is 5.20. The number of hydrogen-bond donors (Lipinski definition) is 1. The standard InChI is InChI=1S/C15H17ClN2O2S/c1-10(11-3-5-12(16)6-4-11)18(2)15-17-13(9-21-15)7-8-14(19)20/h3-6,9-10H,7-8H2,1-2H3,(H,19,20). The van der Waals surface area contributed by atoms with Crippen LogP contribution in [-0.4, -0.2) is 23.1 Å². The first kappa shape index (κ1) is 15.8. The number of rotatable bonds is 6. The smallest absolute Gasteiger partial charge is 0.303 e. The average Bonchev–Trinajstić information content (AvgIpc) is 2.93. The van der Waals surface area contributed by atoms with Gasteiger partial charge in [0.1, 0.15) is 0 Å². The molecule has 1 unspecified atom stereocenters. The predicted molar refractivity (Wildman–Crippen MR) is 86.3 cm³/mol. The molecule has 0 fully saturated rings. The fraction of sp³-hybridized carbons (Fsp3) is 0.333. The largest absolute Gasteiger partial charge is 0.481 e. The van der Waals surface area contributed by atoms with Gasteiger partial charge in [-0.25, -0.2) is 4.98 Å². The van der Waals surface area contributed by atoms with Crippen LogP contribution in [0.1, 0.15) is 30.6 Å². The van der Waals surface area contributed by atoms with Crippen molar-refractivity contribution >= 4 is 34.0 Å². The van der Waals surface area contributed by atoms with Gasteiger partial charge in [0.05, 0.1) is 18.2 Å². The number of halogens is 1. The molecule has 112 valence electrons. The van der Waals surface area contributed by atoms with Crippen LogP contribution in [0.2, 0.25) is 5.02 Å². The molecule has 0 aliphatic carbocycles. The summed E-state index contributed by atoms with van der Waals surface area (Å²) in [7, 11) is 1.99. The fourth-order valence-corrected chi connectivity index (χ4v) is 2.97. The van der Waals surface area contributed by atoms with Crippen LogP contribution in [-0.2, 0) is 11.2 Å². The Morgan fingerprint density at radius 3 is 2.71 bits per heavy atom. The molecule has 0 saturated carbocycles. The Morgan fingerprint density at radius 1 is 1.43 bits per heavy atom. The first-order valence-corrected chi connectivity index (χ1v) is 7.87. The van der Waals surface area contributed by atoms with Crippen molar-refractivity contribution in [2.24, 2.45) is 0 Å². The number of carboxylic acids is 1. The molecule has 21 heavy (non-hydrogen) atoms. The van der Waals surface area contributed by atoms with E-state index in [-0.39, 0.29) is 12.5 Å². The van der Waals surface area contributed by atoms with Crippen molar-refractivity contribution in [3.63, 3.8) is 0 Å². The van der Waals surface area contributed by atoms with Crippen LogP contribution in [0.3, 0.4) is 0 Å². The summed E-state index contributed by atoms with van der Waals surface area (Å²) >= 11 is 7.44. The van der Waals surface area contributed by atoms with Gasteiger partial charge in [0.2, 0.25) is 0 Å². The molecule has 0 spiro atoms. The Bertz CT molecular complexity index is 612. The van der Waals surface area contributed by atoms with Crippen molar-refractivity contribution in [3.8, 4) is 0 Å². The number of anilines is 1. The van der Waals surface area contributed by atoms with E-state index in [9.17, 15) is 4.79 Å². The van der Waals surface area contributed by atoms with Crippen molar-refractivity contribution in [1.82, 2.24) is 4.98 Å². The zero-order valence-corrected chi connectivity index (χ0v) is 13.5. The van der Waals surface area contributed by atoms with Crippen molar-refractivity contribution in [2.45, 2.75) is 25.8 Å². The maximum absolute atomic E-state index is 10.6. The lowest BCUT2D eigenvalue weighted by Gasteiger charge is -2.24. The van der Waals surface area contributed by atoms with Gasteiger partial charge in [0.15, 0.2) is 5.13 Å². The van der Waals surface area contributed by atoms with E-state index in [2.05, 4.69) is 16.8 Å². The van der Waals surface area contributed by atoms with E-state index in [1.54, 1.807) is 0 Å². The molecule has 0 saturated heterocycles. The van der Waals surface area contributed by atoms with Crippen LogP contribution in [0.15, 0.2) is 29.6 Å². The molecule has 0 amide bonds. The second kappa shape index (κ2) is 6.91. The zero-order chi connectivity index (χ0) is 15.4. The van der Waals surface area contributed by atoms with Gasteiger partial charge in [-0.05, 0) is 24.6 Å². The number of thiazole rings is 1. The van der Waals surface area contributed by atoms with Crippen LogP contribution < -0.4 is 4.90 Å². The summed E-state index contributed by atoms with van der Waals surface area (Å²) in [5, 5.41) is 12.2. The number of carbonyl (C=O) groups is 1. The van der Waals surface area contributed by atoms with E-state index in [0.717, 1.165) is 21.4 Å². The Labute approximate surface area is 133 Å². The molecule has 2 rings (SSSR count). The van der Waals surface area contributed by atoms with E-state index in [0.29, 0.717) is 6.42 Å². The highest BCUT2D eigenvalue weighted by atomic mass is 35.5. The number of aliphatic carboxylic acids is 1. The first-order chi connectivity index (χ1) is 9.97. The summed E-state index contributed by atoms with van der Waals surface area (Å²) in [6.45, 7) is 2.10. The molecule has 0 bridgehead atoms. The molecule has 1 N–H and O–H groups in total. The molecule has 0 aliphatic rings. The Morgan fingerprint density at radius 2 is 2.10 bits per heavy atom. The zero-order valence-electron chi connectivity index (χ0n) is 11.9. The van der Waals surface area contributed by atoms with E-state index < -0.39 is 5.97 Å². The van der Waals surface area contributed by atoms with Crippen molar-refractivity contribution in [2.75, 3.05) is 11.9 Å². The summed E-state index contributed by atoms with van der Waals surface area (Å²) in [6.07, 6.45) is 0.578. The van der Waals surface area contributed by atoms with E-state index in [1.807, 2.05) is 36.7 Å². The molecule has 0 radical (unpaired) electrons. The van der Waals surface area contributed by atoms with E-state index >= 15 is 0 Å². The number of carboxylic acid groups (broad SMARTS) is 1. The van der Waals surface area contributed by atoms with Crippen molar-refractivity contribution in [1.29, 1.82) is 0 Å². The van der Waals surface area contributed by atoms with Gasteiger partial charge in [0, 0.05) is 23.9 Å².